The van der Waals surface area contributed by atoms with Gasteiger partial charge in [-0.25, -0.2) is 0 Å². The molecule has 4 heteroatoms. The third kappa shape index (κ3) is 3.25. The quantitative estimate of drug-likeness (QED) is 0.899. The summed E-state index contributed by atoms with van der Waals surface area (Å²) in [7, 11) is 3.34. The molecule has 0 radical (unpaired) electrons. The summed E-state index contributed by atoms with van der Waals surface area (Å²) < 4.78 is 17.1. The monoisotopic (exact) mass is 279 g/mol. The Hall–Kier alpha value is -1.26. The third-order valence-corrected chi connectivity index (χ3v) is 3.82. The molecule has 0 spiro atoms. The maximum atomic E-state index is 6.33. The molecule has 2 unspecified atom stereocenters. The lowest BCUT2D eigenvalue weighted by atomic mass is 9.96. The highest BCUT2D eigenvalue weighted by Crippen LogP contribution is 2.36. The fraction of sp³-hybridized carbons (Fsp3) is 0.625. The summed E-state index contributed by atoms with van der Waals surface area (Å²) in [6, 6.07) is 5.89. The van der Waals surface area contributed by atoms with Gasteiger partial charge in [0, 0.05) is 24.7 Å². The van der Waals surface area contributed by atoms with E-state index < -0.39 is 0 Å². The van der Waals surface area contributed by atoms with Crippen LogP contribution in [-0.4, -0.2) is 32.9 Å². The molecule has 0 aliphatic carbocycles. The number of ether oxygens (including phenoxy) is 3. The van der Waals surface area contributed by atoms with Gasteiger partial charge in [0.25, 0.3) is 0 Å². The highest BCUT2D eigenvalue weighted by Gasteiger charge is 2.33. The minimum atomic E-state index is -0.109. The molecule has 1 aliphatic heterocycles. The molecule has 1 N–H and O–H groups in total. The van der Waals surface area contributed by atoms with Gasteiger partial charge in [-0.05, 0) is 25.5 Å². The molecule has 1 aliphatic rings. The first kappa shape index (κ1) is 15.1. The van der Waals surface area contributed by atoms with E-state index in [-0.39, 0.29) is 11.7 Å². The van der Waals surface area contributed by atoms with Crippen LogP contribution in [0.15, 0.2) is 18.2 Å². The van der Waals surface area contributed by atoms with Crippen LogP contribution in [0.1, 0.15) is 38.4 Å². The molecule has 0 bridgehead atoms. The normalized spacial score (nSPS) is 26.3. The number of morpholine rings is 1. The van der Waals surface area contributed by atoms with E-state index in [0.717, 1.165) is 43.0 Å². The average molecular weight is 279 g/mol. The second kappa shape index (κ2) is 6.46. The number of hydrogen-bond acceptors (Lipinski definition) is 4. The van der Waals surface area contributed by atoms with Gasteiger partial charge in [-0.15, -0.1) is 0 Å². The number of rotatable bonds is 5. The Kier molecular flexibility index (Phi) is 4.89. The number of benzene rings is 1. The summed E-state index contributed by atoms with van der Waals surface area (Å²) in [4.78, 5) is 0. The molecule has 2 rings (SSSR count). The van der Waals surface area contributed by atoms with Gasteiger partial charge in [0.15, 0.2) is 0 Å². The number of methoxy groups -OCH3 is 2. The van der Waals surface area contributed by atoms with Crippen LogP contribution in [0.4, 0.5) is 0 Å². The predicted molar refractivity (Wildman–Crippen MR) is 79.6 cm³/mol. The minimum absolute atomic E-state index is 0.0150. The van der Waals surface area contributed by atoms with Crippen LogP contribution in [-0.2, 0) is 4.74 Å². The van der Waals surface area contributed by atoms with E-state index in [0.29, 0.717) is 0 Å². The number of hydrogen-bond donors (Lipinski definition) is 1. The summed E-state index contributed by atoms with van der Waals surface area (Å²) >= 11 is 0. The summed E-state index contributed by atoms with van der Waals surface area (Å²) in [5.41, 5.74) is 0.964. The summed E-state index contributed by atoms with van der Waals surface area (Å²) in [6.45, 7) is 6.07. The molecule has 1 aromatic carbocycles. The largest absolute Gasteiger partial charge is 0.497 e. The Morgan fingerprint density at radius 1 is 1.35 bits per heavy atom. The van der Waals surface area contributed by atoms with Crippen LogP contribution in [0.5, 0.6) is 11.5 Å². The van der Waals surface area contributed by atoms with E-state index in [1.165, 1.54) is 0 Å². The molecule has 2 atom stereocenters. The molecule has 0 saturated carbocycles. The van der Waals surface area contributed by atoms with Crippen molar-refractivity contribution in [3.05, 3.63) is 23.8 Å². The van der Waals surface area contributed by atoms with Gasteiger partial charge in [-0.1, -0.05) is 13.3 Å². The first-order chi connectivity index (χ1) is 9.61. The molecule has 0 aromatic heterocycles. The maximum Gasteiger partial charge on any atom is 0.128 e. The van der Waals surface area contributed by atoms with Crippen LogP contribution in [0.2, 0.25) is 0 Å². The molecule has 0 amide bonds. The zero-order chi connectivity index (χ0) is 14.6. The average Bonchev–Trinajstić information content (AvgIpc) is 2.46. The van der Waals surface area contributed by atoms with Crippen molar-refractivity contribution in [2.45, 2.75) is 38.4 Å². The van der Waals surface area contributed by atoms with E-state index in [1.54, 1.807) is 14.2 Å². The maximum absolute atomic E-state index is 6.33. The Morgan fingerprint density at radius 2 is 2.15 bits per heavy atom. The smallest absolute Gasteiger partial charge is 0.128 e. The van der Waals surface area contributed by atoms with Gasteiger partial charge in [0.2, 0.25) is 0 Å². The van der Waals surface area contributed by atoms with Crippen LogP contribution < -0.4 is 14.8 Å². The Balaban J connectivity index is 2.22. The molecule has 1 aromatic rings. The van der Waals surface area contributed by atoms with Crippen molar-refractivity contribution in [2.75, 3.05) is 27.3 Å². The highest BCUT2D eigenvalue weighted by molar-refractivity contribution is 5.42. The first-order valence-corrected chi connectivity index (χ1v) is 7.22. The van der Waals surface area contributed by atoms with Crippen molar-refractivity contribution in [1.29, 1.82) is 0 Å². The van der Waals surface area contributed by atoms with Crippen LogP contribution in [0.3, 0.4) is 0 Å². The summed E-state index contributed by atoms with van der Waals surface area (Å²) in [5.74, 6) is 1.61. The standard InChI is InChI=1S/C16H25NO3/c1-5-8-16(2)11-17-10-15(20-16)13-7-6-12(18-3)9-14(13)19-4/h6-7,9,15,17H,5,8,10-11H2,1-4H3. The first-order valence-electron chi connectivity index (χ1n) is 7.22. The van der Waals surface area contributed by atoms with Crippen molar-refractivity contribution in [3.8, 4) is 11.5 Å². The van der Waals surface area contributed by atoms with E-state index >= 15 is 0 Å². The molecule has 4 nitrogen and oxygen atoms in total. The number of nitrogens with one attached hydrogen (secondary N) is 1. The van der Waals surface area contributed by atoms with Gasteiger partial charge in [-0.2, -0.15) is 0 Å². The summed E-state index contributed by atoms with van der Waals surface area (Å²) in [5, 5.41) is 3.48. The SMILES string of the molecule is CCCC1(C)CNCC(c2ccc(OC)cc2OC)O1. The molecule has 20 heavy (non-hydrogen) atoms. The zero-order valence-electron chi connectivity index (χ0n) is 12.9. The zero-order valence-corrected chi connectivity index (χ0v) is 12.9. The topological polar surface area (TPSA) is 39.7 Å². The highest BCUT2D eigenvalue weighted by atomic mass is 16.5. The van der Waals surface area contributed by atoms with Crippen molar-refractivity contribution >= 4 is 0 Å². The lowest BCUT2D eigenvalue weighted by Crippen LogP contribution is -2.48. The van der Waals surface area contributed by atoms with Crippen LogP contribution in [0, 0.1) is 0 Å². The van der Waals surface area contributed by atoms with E-state index in [2.05, 4.69) is 19.2 Å². The van der Waals surface area contributed by atoms with Crippen molar-refractivity contribution < 1.29 is 14.2 Å². The molecule has 112 valence electrons. The third-order valence-electron chi connectivity index (χ3n) is 3.82. The second-order valence-electron chi connectivity index (χ2n) is 5.55. The van der Waals surface area contributed by atoms with Crippen molar-refractivity contribution in [3.63, 3.8) is 0 Å². The second-order valence-corrected chi connectivity index (χ2v) is 5.55. The van der Waals surface area contributed by atoms with Gasteiger partial charge >= 0.3 is 0 Å². The van der Waals surface area contributed by atoms with Crippen molar-refractivity contribution in [2.24, 2.45) is 0 Å². The van der Waals surface area contributed by atoms with E-state index in [1.807, 2.05) is 18.2 Å². The van der Waals surface area contributed by atoms with Gasteiger partial charge in [0.1, 0.15) is 11.5 Å². The van der Waals surface area contributed by atoms with Crippen LogP contribution >= 0.6 is 0 Å². The van der Waals surface area contributed by atoms with Gasteiger partial charge < -0.3 is 19.5 Å². The Labute approximate surface area is 121 Å². The van der Waals surface area contributed by atoms with E-state index in [4.69, 9.17) is 14.2 Å². The molecule has 1 fully saturated rings. The molecular formula is C16H25NO3. The Morgan fingerprint density at radius 3 is 2.80 bits per heavy atom. The van der Waals surface area contributed by atoms with Gasteiger partial charge in [0.05, 0.1) is 25.9 Å². The molecule has 1 heterocycles. The lowest BCUT2D eigenvalue weighted by Gasteiger charge is -2.39. The van der Waals surface area contributed by atoms with Gasteiger partial charge in [-0.3, -0.25) is 0 Å². The lowest BCUT2D eigenvalue weighted by molar-refractivity contribution is -0.112. The molecular weight excluding hydrogens is 254 g/mol. The Bertz CT molecular complexity index is 445. The van der Waals surface area contributed by atoms with Crippen molar-refractivity contribution in [1.82, 2.24) is 5.32 Å². The fourth-order valence-electron chi connectivity index (χ4n) is 2.83. The molecule has 1 saturated heterocycles. The predicted octanol–water partition coefficient (Wildman–Crippen LogP) is 2.92. The van der Waals surface area contributed by atoms with Crippen LogP contribution in [0.25, 0.3) is 0 Å². The fourth-order valence-corrected chi connectivity index (χ4v) is 2.83. The van der Waals surface area contributed by atoms with E-state index in [9.17, 15) is 0 Å². The summed E-state index contributed by atoms with van der Waals surface area (Å²) in [6.07, 6.45) is 2.18. The minimum Gasteiger partial charge on any atom is -0.497 e.